The van der Waals surface area contributed by atoms with Crippen LogP contribution in [0.15, 0.2) is 27.1 Å². The Kier molecular flexibility index (Phi) is 6.94. The van der Waals surface area contributed by atoms with E-state index in [-0.39, 0.29) is 11.9 Å². The van der Waals surface area contributed by atoms with E-state index in [1.54, 1.807) is 6.07 Å². The molecule has 0 aliphatic rings. The lowest BCUT2D eigenvalue weighted by molar-refractivity contribution is -0.139. The molecule has 0 saturated carbocycles. The Hall–Kier alpha value is -0.350. The van der Waals surface area contributed by atoms with E-state index in [2.05, 4.69) is 38.8 Å². The Morgan fingerprint density at radius 3 is 2.61 bits per heavy atom. The monoisotopic (exact) mass is 376 g/mol. The standard InChI is InChI=1S/C14H18Br2O2/c1-3-5-6-10(4-2)14(17)18-13-8-7-11(15)9-12(13)16/h7-10H,3-6H2,1-2H3/t10-/m0/s1. The number of hydrogen-bond donors (Lipinski definition) is 0. The van der Waals surface area contributed by atoms with Gasteiger partial charge in [0.05, 0.1) is 10.4 Å². The summed E-state index contributed by atoms with van der Waals surface area (Å²) in [5.74, 6) is 0.451. The average molecular weight is 378 g/mol. The van der Waals surface area contributed by atoms with Crippen molar-refractivity contribution >= 4 is 37.8 Å². The highest BCUT2D eigenvalue weighted by molar-refractivity contribution is 9.11. The van der Waals surface area contributed by atoms with Crippen molar-refractivity contribution in [2.24, 2.45) is 5.92 Å². The number of halogens is 2. The van der Waals surface area contributed by atoms with Crippen LogP contribution in [0, 0.1) is 5.92 Å². The van der Waals surface area contributed by atoms with Gasteiger partial charge in [0.2, 0.25) is 0 Å². The van der Waals surface area contributed by atoms with Crippen LogP contribution in [0.25, 0.3) is 0 Å². The van der Waals surface area contributed by atoms with Crippen LogP contribution in [-0.2, 0) is 4.79 Å². The van der Waals surface area contributed by atoms with Gasteiger partial charge in [-0.05, 0) is 47.0 Å². The molecule has 0 aromatic heterocycles. The fraction of sp³-hybridized carbons (Fsp3) is 0.500. The number of unbranched alkanes of at least 4 members (excludes halogenated alkanes) is 1. The Labute approximate surface area is 125 Å². The summed E-state index contributed by atoms with van der Waals surface area (Å²) in [6.45, 7) is 4.15. The van der Waals surface area contributed by atoms with Gasteiger partial charge in [-0.1, -0.05) is 42.6 Å². The van der Waals surface area contributed by atoms with Crippen LogP contribution < -0.4 is 4.74 Å². The number of ether oxygens (including phenoxy) is 1. The smallest absolute Gasteiger partial charge is 0.314 e. The number of esters is 1. The molecule has 18 heavy (non-hydrogen) atoms. The van der Waals surface area contributed by atoms with E-state index >= 15 is 0 Å². The van der Waals surface area contributed by atoms with Crippen LogP contribution >= 0.6 is 31.9 Å². The maximum atomic E-state index is 12.0. The van der Waals surface area contributed by atoms with Gasteiger partial charge in [-0.2, -0.15) is 0 Å². The van der Waals surface area contributed by atoms with E-state index < -0.39 is 0 Å². The molecule has 1 rings (SSSR count). The van der Waals surface area contributed by atoms with Gasteiger partial charge in [0, 0.05) is 4.47 Å². The summed E-state index contributed by atoms with van der Waals surface area (Å²) in [7, 11) is 0. The number of carbonyl (C=O) groups is 1. The van der Waals surface area contributed by atoms with Crippen molar-refractivity contribution in [3.63, 3.8) is 0 Å². The Balaban J connectivity index is 2.67. The molecule has 0 radical (unpaired) electrons. The number of benzene rings is 1. The highest BCUT2D eigenvalue weighted by atomic mass is 79.9. The molecule has 0 unspecified atom stereocenters. The van der Waals surface area contributed by atoms with Crippen molar-refractivity contribution in [2.75, 3.05) is 0 Å². The highest BCUT2D eigenvalue weighted by Crippen LogP contribution is 2.29. The third-order valence-electron chi connectivity index (χ3n) is 2.84. The molecular formula is C14H18Br2O2. The quantitative estimate of drug-likeness (QED) is 0.494. The van der Waals surface area contributed by atoms with Crippen LogP contribution in [0.4, 0.5) is 0 Å². The second-order valence-electron chi connectivity index (χ2n) is 4.24. The van der Waals surface area contributed by atoms with Crippen LogP contribution in [0.1, 0.15) is 39.5 Å². The molecule has 1 aromatic carbocycles. The lowest BCUT2D eigenvalue weighted by Gasteiger charge is -2.14. The van der Waals surface area contributed by atoms with Crippen molar-refractivity contribution in [3.05, 3.63) is 27.1 Å². The maximum absolute atomic E-state index is 12.0. The van der Waals surface area contributed by atoms with Gasteiger partial charge in [0.15, 0.2) is 0 Å². The Bertz CT molecular complexity index is 405. The molecule has 0 amide bonds. The molecule has 0 bridgehead atoms. The van der Waals surface area contributed by atoms with Crippen LogP contribution in [0.5, 0.6) is 5.75 Å². The van der Waals surface area contributed by atoms with Gasteiger partial charge in [-0.3, -0.25) is 4.79 Å². The Morgan fingerprint density at radius 1 is 1.33 bits per heavy atom. The molecule has 4 heteroatoms. The first-order chi connectivity index (χ1) is 8.58. The van der Waals surface area contributed by atoms with E-state index in [4.69, 9.17) is 4.74 Å². The molecule has 100 valence electrons. The second kappa shape index (κ2) is 7.95. The summed E-state index contributed by atoms with van der Waals surface area (Å²) in [6, 6.07) is 5.52. The summed E-state index contributed by atoms with van der Waals surface area (Å²) in [5, 5.41) is 0. The van der Waals surface area contributed by atoms with Gasteiger partial charge in [-0.15, -0.1) is 0 Å². The zero-order valence-electron chi connectivity index (χ0n) is 10.7. The zero-order chi connectivity index (χ0) is 13.5. The van der Waals surface area contributed by atoms with E-state index in [0.717, 1.165) is 34.6 Å². The normalized spacial score (nSPS) is 12.2. The first kappa shape index (κ1) is 15.7. The predicted octanol–water partition coefficient (Wildman–Crippen LogP) is 5.33. The minimum absolute atomic E-state index is 0.000460. The molecule has 2 nitrogen and oxygen atoms in total. The van der Waals surface area contributed by atoms with E-state index in [0.29, 0.717) is 5.75 Å². The first-order valence-corrected chi connectivity index (χ1v) is 7.83. The van der Waals surface area contributed by atoms with E-state index in [1.807, 2.05) is 19.1 Å². The molecule has 0 aliphatic carbocycles. The summed E-state index contributed by atoms with van der Waals surface area (Å²) in [5.41, 5.74) is 0. The number of carbonyl (C=O) groups excluding carboxylic acids is 1. The molecule has 1 aromatic rings. The predicted molar refractivity (Wildman–Crippen MR) is 80.8 cm³/mol. The van der Waals surface area contributed by atoms with Crippen LogP contribution in [0.2, 0.25) is 0 Å². The molecular weight excluding hydrogens is 360 g/mol. The van der Waals surface area contributed by atoms with E-state index in [9.17, 15) is 4.79 Å². The number of hydrogen-bond acceptors (Lipinski definition) is 2. The summed E-state index contributed by atoms with van der Waals surface area (Å²) in [6.07, 6.45) is 3.90. The third-order valence-corrected chi connectivity index (χ3v) is 3.95. The van der Waals surface area contributed by atoms with Crippen molar-refractivity contribution in [3.8, 4) is 5.75 Å². The van der Waals surface area contributed by atoms with Gasteiger partial charge in [0.25, 0.3) is 0 Å². The molecule has 0 N–H and O–H groups in total. The lowest BCUT2D eigenvalue weighted by Crippen LogP contribution is -2.20. The fourth-order valence-electron chi connectivity index (χ4n) is 1.69. The SMILES string of the molecule is CCCC[C@H](CC)C(=O)Oc1ccc(Br)cc1Br. The molecule has 0 aliphatic heterocycles. The maximum Gasteiger partial charge on any atom is 0.314 e. The summed E-state index contributed by atoms with van der Waals surface area (Å²) in [4.78, 5) is 12.0. The molecule has 0 spiro atoms. The van der Waals surface area contributed by atoms with Gasteiger partial charge in [0.1, 0.15) is 5.75 Å². The van der Waals surface area contributed by atoms with E-state index in [1.165, 1.54) is 0 Å². The molecule has 0 heterocycles. The van der Waals surface area contributed by atoms with Crippen molar-refractivity contribution in [1.29, 1.82) is 0 Å². The minimum atomic E-state index is -0.131. The van der Waals surface area contributed by atoms with Crippen LogP contribution in [-0.4, -0.2) is 5.97 Å². The van der Waals surface area contributed by atoms with Crippen molar-refractivity contribution in [2.45, 2.75) is 39.5 Å². The lowest BCUT2D eigenvalue weighted by atomic mass is 10.00. The topological polar surface area (TPSA) is 26.3 Å². The van der Waals surface area contributed by atoms with Gasteiger partial charge >= 0.3 is 5.97 Å². The highest BCUT2D eigenvalue weighted by Gasteiger charge is 2.19. The number of rotatable bonds is 6. The summed E-state index contributed by atoms with van der Waals surface area (Å²) >= 11 is 6.76. The summed E-state index contributed by atoms with van der Waals surface area (Å²) < 4.78 is 7.18. The average Bonchev–Trinajstić information content (AvgIpc) is 2.34. The van der Waals surface area contributed by atoms with Crippen molar-refractivity contribution < 1.29 is 9.53 Å². The zero-order valence-corrected chi connectivity index (χ0v) is 13.9. The third kappa shape index (κ3) is 4.73. The molecule has 1 atom stereocenters. The Morgan fingerprint density at radius 2 is 2.06 bits per heavy atom. The van der Waals surface area contributed by atoms with Gasteiger partial charge in [-0.25, -0.2) is 0 Å². The van der Waals surface area contributed by atoms with Crippen LogP contribution in [0.3, 0.4) is 0 Å². The van der Waals surface area contributed by atoms with Gasteiger partial charge < -0.3 is 4.74 Å². The fourth-order valence-corrected chi connectivity index (χ4v) is 2.82. The largest absolute Gasteiger partial charge is 0.425 e. The minimum Gasteiger partial charge on any atom is -0.425 e. The molecule has 0 saturated heterocycles. The molecule has 0 fully saturated rings. The first-order valence-electron chi connectivity index (χ1n) is 6.25. The van der Waals surface area contributed by atoms with Crippen molar-refractivity contribution in [1.82, 2.24) is 0 Å². The second-order valence-corrected chi connectivity index (χ2v) is 6.01.